The Morgan fingerprint density at radius 1 is 0.217 bits per heavy atom. The number of rotatable bonds is 18. The van der Waals surface area contributed by atoms with Crippen molar-refractivity contribution in [3.05, 3.63) is 81.9 Å². The molecule has 0 spiro atoms. The van der Waals surface area contributed by atoms with E-state index in [0.29, 0.717) is 133 Å². The SMILES string of the molecule is CC(C)[Si](C#Cc1cc2c3nc4c(C#C[Si](C(C)C)(C(C)C)C(C)C)c5nsnc5c(C#C[Si](C(C)C)(C(C)C)C(C)C)c4nc3c3cc(C#C[Si](C(C)C)(C(C)C)C(C)C)cc4c5nc6c(C#C[Si](C(C)C)(C(C)C)C(C)C)c7nc8ccccc8nc7c(C#C[Si](C(C)C)(C(C)C)C(C)C)c6nc5c(c1)c2c34)(C(C)C)C(C)C. The molecule has 0 saturated carbocycles. The first kappa shape index (κ1) is 88.7. The first-order valence-corrected chi connectivity index (χ1v) is 58.0. The van der Waals surface area contributed by atoms with Gasteiger partial charge in [0.1, 0.15) is 92.6 Å². The molecule has 115 heavy (non-hydrogen) atoms. The van der Waals surface area contributed by atoms with Gasteiger partial charge in [0.15, 0.2) is 0 Å². The monoisotopic (exact) mass is 1650 g/mol. The normalized spacial score (nSPS) is 13.3. The second-order valence-electron chi connectivity index (χ2n) is 39.9. The van der Waals surface area contributed by atoms with Crippen molar-refractivity contribution in [2.45, 2.75) is 349 Å². The zero-order valence-electron chi connectivity index (χ0n) is 77.0. The smallest absolute Gasteiger partial charge is 0.146 e. The number of nitrogens with zero attached hydrogens (tertiary/aromatic N) is 8. The molecule has 0 aliphatic rings. The molecular weight excluding hydrogens is 1510 g/mol. The van der Waals surface area contributed by atoms with Crippen molar-refractivity contribution in [3.8, 4) is 68.8 Å². The first-order chi connectivity index (χ1) is 53.8. The average Bonchev–Trinajstić information content (AvgIpc) is 0.803. The quantitative estimate of drug-likeness (QED) is 0.0362. The van der Waals surface area contributed by atoms with Crippen LogP contribution in [-0.2, 0) is 0 Å². The predicted molar refractivity (Wildman–Crippen MR) is 520 cm³/mol. The number of aromatic nitrogens is 8. The van der Waals surface area contributed by atoms with Gasteiger partial charge in [-0.3, -0.25) is 0 Å². The minimum absolute atomic E-state index is 0.359. The van der Waals surface area contributed by atoms with E-state index in [1.807, 2.05) is 0 Å². The zero-order valence-corrected chi connectivity index (χ0v) is 83.8. The lowest BCUT2D eigenvalue weighted by Gasteiger charge is -2.38. The minimum Gasteiger partial charge on any atom is -0.243 e. The van der Waals surface area contributed by atoms with Crippen molar-refractivity contribution in [1.29, 1.82) is 0 Å². The molecular formula is C100H134N8SSi6. The van der Waals surface area contributed by atoms with Gasteiger partial charge in [0.2, 0.25) is 0 Å². The molecule has 11 rings (SSSR count). The standard InChI is InChI=1S/C100H134N8SSi6/c1-57(2)110(58(3)4,59(5)6)47-41-75-53-81-87-83(55-75)97-98(106-94-80(46-52-115(72(31)32,73(33)34)74(35)36)100-99(107-109-108-100)79(93(94)105-97)45-51-114(69(25)26,70(27)28)71(29)30)84-56-76(42-48-111(60(7)8,61(9)10)62(11)12)54-82(88(84)87)96-95(81)103-91-77(43-49-112(63(13)14,64(15)16)65(17)18)89-90(102-86-40-38-37-39-85(86)101-89)78(92(91)104-96)44-50-113(66(19)20,67(21)22)68(23)24/h37-40,53-74H,1-36H3. The van der Waals surface area contributed by atoms with E-state index in [0.717, 1.165) is 110 Å². The molecule has 0 fully saturated rings. The van der Waals surface area contributed by atoms with Crippen molar-refractivity contribution >= 4 is 170 Å². The summed E-state index contributed by atoms with van der Waals surface area (Å²) in [6.07, 6.45) is 0. The Labute approximate surface area is 702 Å². The third-order valence-electron chi connectivity index (χ3n) is 29.0. The highest BCUT2D eigenvalue weighted by Crippen LogP contribution is 2.51. The van der Waals surface area contributed by atoms with E-state index >= 15 is 0 Å². The van der Waals surface area contributed by atoms with Gasteiger partial charge in [-0.25, -0.2) is 29.9 Å². The van der Waals surface area contributed by atoms with Crippen LogP contribution in [0.15, 0.2) is 48.5 Å². The molecule has 7 aromatic carbocycles. The molecule has 0 atom stereocenters. The van der Waals surface area contributed by atoms with Crippen LogP contribution < -0.4 is 0 Å². The summed E-state index contributed by atoms with van der Waals surface area (Å²) in [4.78, 5) is 36.7. The molecule has 0 saturated heterocycles. The Morgan fingerprint density at radius 3 is 0.583 bits per heavy atom. The van der Waals surface area contributed by atoms with Gasteiger partial charge in [0.05, 0.1) is 67.1 Å². The Hall–Kier alpha value is -7.14. The van der Waals surface area contributed by atoms with Crippen molar-refractivity contribution < 1.29 is 0 Å². The lowest BCUT2D eigenvalue weighted by molar-refractivity contribution is 0.838. The molecule has 0 aliphatic carbocycles. The van der Waals surface area contributed by atoms with E-state index in [4.69, 9.17) is 38.7 Å². The molecule has 604 valence electrons. The van der Waals surface area contributed by atoms with Gasteiger partial charge in [-0.05, 0) is 136 Å². The van der Waals surface area contributed by atoms with E-state index < -0.39 is 48.4 Å². The van der Waals surface area contributed by atoms with Gasteiger partial charge in [0.25, 0.3) is 0 Å². The molecule has 0 unspecified atom stereocenters. The van der Waals surface area contributed by atoms with Crippen molar-refractivity contribution in [1.82, 2.24) is 38.7 Å². The van der Waals surface area contributed by atoms with Crippen LogP contribution in [0.4, 0.5) is 0 Å². The average molecular weight is 1650 g/mol. The molecule has 0 aliphatic heterocycles. The van der Waals surface area contributed by atoms with E-state index in [1.54, 1.807) is 0 Å². The van der Waals surface area contributed by atoms with Gasteiger partial charge >= 0.3 is 0 Å². The van der Waals surface area contributed by atoms with Gasteiger partial charge in [-0.2, -0.15) is 8.75 Å². The lowest BCUT2D eigenvalue weighted by atomic mass is 9.88. The van der Waals surface area contributed by atoms with Gasteiger partial charge in [-0.1, -0.05) is 297 Å². The molecule has 0 N–H and O–H groups in total. The second-order valence-corrected chi connectivity index (χ2v) is 73.9. The summed E-state index contributed by atoms with van der Waals surface area (Å²) in [5.41, 5.74) is 47.1. The van der Waals surface area contributed by atoms with Gasteiger partial charge in [-0.15, -0.1) is 33.3 Å². The summed E-state index contributed by atoms with van der Waals surface area (Å²) >= 11 is 1.23. The molecule has 4 heterocycles. The molecule has 0 bridgehead atoms. The Kier molecular flexibility index (Phi) is 25.6. The van der Waals surface area contributed by atoms with Crippen LogP contribution in [0.25, 0.3) is 110 Å². The molecule has 0 amide bonds. The number of para-hydroxylation sites is 2. The summed E-state index contributed by atoms with van der Waals surface area (Å²) in [7, 11) is -14.4. The molecule has 8 nitrogen and oxygen atoms in total. The second kappa shape index (κ2) is 33.2. The van der Waals surface area contributed by atoms with Crippen LogP contribution in [-0.4, -0.2) is 87.1 Å². The summed E-state index contributed by atoms with van der Waals surface area (Å²) < 4.78 is 10.6. The van der Waals surface area contributed by atoms with Crippen LogP contribution in [0.5, 0.6) is 0 Å². The number of hydrogen-bond donors (Lipinski definition) is 0. The van der Waals surface area contributed by atoms with E-state index in [9.17, 15) is 0 Å². The fraction of sp³-hybridized carbons (Fsp3) is 0.540. The summed E-state index contributed by atoms with van der Waals surface area (Å²) in [6.45, 7) is 86.3. The number of hydrogen-bond acceptors (Lipinski definition) is 9. The van der Waals surface area contributed by atoms with E-state index in [-0.39, 0.29) is 0 Å². The molecule has 0 radical (unpaired) electrons. The minimum atomic E-state index is -2.44. The third kappa shape index (κ3) is 14.4. The van der Waals surface area contributed by atoms with E-state index in [2.05, 4.69) is 367 Å². The number of fused-ring (bicyclic) bond motifs is 11. The van der Waals surface area contributed by atoms with Crippen molar-refractivity contribution in [2.75, 3.05) is 0 Å². The lowest BCUT2D eigenvalue weighted by Crippen LogP contribution is -2.43. The summed E-state index contributed by atoms with van der Waals surface area (Å²) in [5, 5.41) is 5.80. The Bertz CT molecular complexity index is 5540. The van der Waals surface area contributed by atoms with Crippen LogP contribution in [0.2, 0.25) is 99.7 Å². The molecule has 11 aromatic rings. The predicted octanol–water partition coefficient (Wildman–Crippen LogP) is 29.3. The largest absolute Gasteiger partial charge is 0.243 e. The maximum Gasteiger partial charge on any atom is 0.146 e. The Balaban J connectivity index is 1.54. The highest BCUT2D eigenvalue weighted by molar-refractivity contribution is 7.00. The maximum absolute atomic E-state index is 6.35. The van der Waals surface area contributed by atoms with Crippen LogP contribution in [0, 0.1) is 68.8 Å². The fourth-order valence-electron chi connectivity index (χ4n) is 23.5. The highest BCUT2D eigenvalue weighted by atomic mass is 32.1. The highest BCUT2D eigenvalue weighted by Gasteiger charge is 2.48. The fourth-order valence-corrected chi connectivity index (χ4v) is 55.3. The van der Waals surface area contributed by atoms with Gasteiger partial charge in [0, 0.05) is 43.4 Å². The zero-order chi connectivity index (χ0) is 84.9. The summed E-state index contributed by atoms with van der Waals surface area (Å²) in [5.74, 6) is 24.3. The van der Waals surface area contributed by atoms with Crippen molar-refractivity contribution in [3.63, 3.8) is 0 Å². The molecule has 4 aromatic heterocycles. The third-order valence-corrected chi connectivity index (χ3v) is 67.2. The van der Waals surface area contributed by atoms with Crippen molar-refractivity contribution in [2.24, 2.45) is 0 Å². The maximum atomic E-state index is 6.35. The number of benzene rings is 7. The van der Waals surface area contributed by atoms with Crippen LogP contribution >= 0.6 is 11.7 Å². The van der Waals surface area contributed by atoms with Crippen LogP contribution in [0.3, 0.4) is 0 Å². The first-order valence-electron chi connectivity index (χ1n) is 43.9. The molecule has 15 heteroatoms. The van der Waals surface area contributed by atoms with Crippen LogP contribution in [0.1, 0.15) is 283 Å². The van der Waals surface area contributed by atoms with E-state index in [1.165, 1.54) is 11.7 Å². The Morgan fingerprint density at radius 2 is 0.391 bits per heavy atom. The summed E-state index contributed by atoms with van der Waals surface area (Å²) in [6, 6.07) is 17.7. The topological polar surface area (TPSA) is 103 Å². The van der Waals surface area contributed by atoms with Gasteiger partial charge < -0.3 is 0 Å².